The number of aryl methyl sites for hydroxylation is 1. The molecule has 2 aliphatic rings. The average Bonchev–Trinajstić information content (AvgIpc) is 3.72. The molecule has 196 valence electrons. The van der Waals surface area contributed by atoms with Crippen molar-refractivity contribution in [1.82, 2.24) is 19.9 Å². The number of hydrogen-bond acceptors (Lipinski definition) is 7. The molecule has 2 N–H and O–H groups in total. The Labute approximate surface area is 221 Å². The first-order valence-electron chi connectivity index (χ1n) is 13.0. The molecule has 0 unspecified atom stereocenters. The first-order valence-corrected chi connectivity index (χ1v) is 13.3. The number of pyridine rings is 1. The third kappa shape index (κ3) is 5.98. The molecular weight excluding hydrogens is 492 g/mol. The van der Waals surface area contributed by atoms with E-state index in [0.717, 1.165) is 42.5 Å². The zero-order valence-corrected chi connectivity index (χ0v) is 22.1. The van der Waals surface area contributed by atoms with E-state index in [0.29, 0.717) is 35.2 Å². The normalized spacial score (nSPS) is 17.6. The van der Waals surface area contributed by atoms with Crippen molar-refractivity contribution >= 4 is 45.9 Å². The summed E-state index contributed by atoms with van der Waals surface area (Å²) in [5, 5.41) is 7.09. The number of ether oxygens (including phenoxy) is 1. The fraction of sp³-hybridized carbons (Fsp3) is 0.481. The number of carbonyl (C=O) groups excluding carboxylic acids is 1. The van der Waals surface area contributed by atoms with Crippen LogP contribution in [0.15, 0.2) is 35.3 Å². The number of fused-ring (bicyclic) bond motifs is 1. The Morgan fingerprint density at radius 2 is 2.08 bits per heavy atom. The van der Waals surface area contributed by atoms with Gasteiger partial charge in [0.25, 0.3) is 11.5 Å². The van der Waals surface area contributed by atoms with Crippen LogP contribution in [0, 0.1) is 11.8 Å². The van der Waals surface area contributed by atoms with Crippen molar-refractivity contribution in [2.24, 2.45) is 11.8 Å². The maximum Gasteiger partial charge on any atom is 0.293 e. The van der Waals surface area contributed by atoms with Crippen molar-refractivity contribution in [2.75, 3.05) is 37.0 Å². The minimum absolute atomic E-state index is 0.158. The molecule has 9 nitrogen and oxygen atoms in total. The lowest BCUT2D eigenvalue weighted by molar-refractivity contribution is -0.122. The molecule has 0 radical (unpaired) electrons. The predicted octanol–water partition coefficient (Wildman–Crippen LogP) is 4.35. The van der Waals surface area contributed by atoms with Crippen LogP contribution in [0.25, 0.3) is 10.9 Å². The Morgan fingerprint density at radius 1 is 1.24 bits per heavy atom. The number of nitrogens with one attached hydrogen (secondary N) is 2. The number of aromatic nitrogens is 3. The zero-order chi connectivity index (χ0) is 25.9. The highest BCUT2D eigenvalue weighted by atomic mass is 35.5. The van der Waals surface area contributed by atoms with E-state index in [4.69, 9.17) is 21.3 Å². The van der Waals surface area contributed by atoms with E-state index in [1.807, 2.05) is 18.2 Å². The van der Waals surface area contributed by atoms with Gasteiger partial charge in [0.05, 0.1) is 11.7 Å². The van der Waals surface area contributed by atoms with Gasteiger partial charge >= 0.3 is 0 Å². The first-order chi connectivity index (χ1) is 17.9. The molecule has 1 aliphatic carbocycles. The summed E-state index contributed by atoms with van der Waals surface area (Å²) < 4.78 is 7.37. The largest absolute Gasteiger partial charge is 0.478 e. The number of rotatable bonds is 9. The first kappa shape index (κ1) is 25.3. The zero-order valence-electron chi connectivity index (χ0n) is 21.3. The lowest BCUT2D eigenvalue weighted by atomic mass is 10.0. The number of nitrogens with zero attached hydrogens (tertiary/aromatic N) is 4. The Morgan fingerprint density at radius 3 is 2.84 bits per heavy atom. The molecule has 2 aromatic heterocycles. The molecule has 3 heterocycles. The molecule has 1 saturated heterocycles. The van der Waals surface area contributed by atoms with Gasteiger partial charge in [-0.05, 0) is 55.4 Å². The summed E-state index contributed by atoms with van der Waals surface area (Å²) in [5.41, 5.74) is 1.37. The molecule has 0 bridgehead atoms. The fourth-order valence-corrected chi connectivity index (χ4v) is 4.94. The van der Waals surface area contributed by atoms with Crippen molar-refractivity contribution in [2.45, 2.75) is 45.6 Å². The lowest BCUT2D eigenvalue weighted by Crippen LogP contribution is -2.35. The quantitative estimate of drug-likeness (QED) is 0.429. The standard InChI is InChI=1S/C27H33ClN6O3/c1-17-4-3-10-33(15-17)27-30-14-21(28)25(32-27)31-20-7-8-22-19(12-20)13-23(37-16-24(35)29-2)26(36)34(22)11-9-18-5-6-18/h7-8,12-14,17-18H,3-6,9-11,15-16H2,1-2H3,(H,29,35)(H,30,31,32)/t17-/m0/s1. The van der Waals surface area contributed by atoms with Crippen LogP contribution in [0.1, 0.15) is 39.0 Å². The predicted molar refractivity (Wildman–Crippen MR) is 146 cm³/mol. The van der Waals surface area contributed by atoms with Crippen molar-refractivity contribution in [1.29, 1.82) is 0 Å². The molecule has 2 fully saturated rings. The average molecular weight is 525 g/mol. The number of piperidine rings is 1. The number of carbonyl (C=O) groups is 1. The van der Waals surface area contributed by atoms with Gasteiger partial charge in [-0.1, -0.05) is 31.4 Å². The van der Waals surface area contributed by atoms with Crippen LogP contribution < -0.4 is 25.8 Å². The molecule has 0 spiro atoms. The van der Waals surface area contributed by atoms with Gasteiger partial charge in [-0.15, -0.1) is 0 Å². The minimum Gasteiger partial charge on any atom is -0.478 e. The molecule has 1 amide bonds. The summed E-state index contributed by atoms with van der Waals surface area (Å²) >= 11 is 6.46. The monoisotopic (exact) mass is 524 g/mol. The molecule has 1 aliphatic heterocycles. The van der Waals surface area contributed by atoms with Crippen LogP contribution in [-0.4, -0.2) is 47.2 Å². The van der Waals surface area contributed by atoms with E-state index in [9.17, 15) is 9.59 Å². The Balaban J connectivity index is 1.45. The second kappa shape index (κ2) is 11.0. The number of likely N-dealkylation sites (N-methyl/N-ethyl adjacent to an activating group) is 1. The van der Waals surface area contributed by atoms with Crippen LogP contribution in [0.3, 0.4) is 0 Å². The van der Waals surface area contributed by atoms with E-state index in [-0.39, 0.29) is 23.8 Å². The summed E-state index contributed by atoms with van der Waals surface area (Å²) in [5.74, 6) is 2.33. The van der Waals surface area contributed by atoms with Crippen LogP contribution in [-0.2, 0) is 11.3 Å². The molecule has 37 heavy (non-hydrogen) atoms. The second-order valence-corrected chi connectivity index (χ2v) is 10.5. The molecule has 10 heteroatoms. The third-order valence-corrected chi connectivity index (χ3v) is 7.37. The minimum atomic E-state index is -0.295. The van der Waals surface area contributed by atoms with E-state index in [1.54, 1.807) is 16.8 Å². The van der Waals surface area contributed by atoms with E-state index >= 15 is 0 Å². The van der Waals surface area contributed by atoms with E-state index in [2.05, 4.69) is 27.4 Å². The van der Waals surface area contributed by atoms with Crippen LogP contribution in [0.4, 0.5) is 17.5 Å². The third-order valence-electron chi connectivity index (χ3n) is 7.09. The number of amides is 1. The van der Waals surface area contributed by atoms with Crippen LogP contribution >= 0.6 is 11.6 Å². The van der Waals surface area contributed by atoms with Gasteiger partial charge < -0.3 is 24.8 Å². The van der Waals surface area contributed by atoms with E-state index in [1.165, 1.54) is 26.3 Å². The van der Waals surface area contributed by atoms with E-state index < -0.39 is 0 Å². The van der Waals surface area contributed by atoms with Crippen LogP contribution in [0.2, 0.25) is 5.02 Å². The summed E-state index contributed by atoms with van der Waals surface area (Å²) in [6.07, 6.45) is 7.34. The van der Waals surface area contributed by atoms with Crippen molar-refractivity contribution in [3.63, 3.8) is 0 Å². The van der Waals surface area contributed by atoms with Gasteiger partial charge in [0, 0.05) is 37.8 Å². The summed E-state index contributed by atoms with van der Waals surface area (Å²) in [4.78, 5) is 36.3. The highest BCUT2D eigenvalue weighted by Crippen LogP contribution is 2.33. The summed E-state index contributed by atoms with van der Waals surface area (Å²) in [6, 6.07) is 7.48. The molecule has 1 aromatic carbocycles. The maximum absolute atomic E-state index is 13.2. The molecule has 5 rings (SSSR count). The van der Waals surface area contributed by atoms with Crippen molar-refractivity contribution in [3.05, 3.63) is 45.8 Å². The van der Waals surface area contributed by atoms with Gasteiger partial charge in [0.1, 0.15) is 5.02 Å². The lowest BCUT2D eigenvalue weighted by Gasteiger charge is -2.31. The van der Waals surface area contributed by atoms with Gasteiger partial charge in [0.15, 0.2) is 18.2 Å². The van der Waals surface area contributed by atoms with Gasteiger partial charge in [0.2, 0.25) is 5.95 Å². The number of benzene rings is 1. The molecule has 1 saturated carbocycles. The topological polar surface area (TPSA) is 101 Å². The van der Waals surface area contributed by atoms with Crippen molar-refractivity contribution in [3.8, 4) is 5.75 Å². The molecule has 3 aromatic rings. The summed E-state index contributed by atoms with van der Waals surface area (Å²) in [7, 11) is 1.54. The Kier molecular flexibility index (Phi) is 7.50. The SMILES string of the molecule is CNC(=O)COc1cc2cc(Nc3nc(N4CCC[C@H](C)C4)ncc3Cl)ccc2n(CCC2CC2)c1=O. The smallest absolute Gasteiger partial charge is 0.293 e. The van der Waals surface area contributed by atoms with Gasteiger partial charge in [-0.2, -0.15) is 4.98 Å². The highest BCUT2D eigenvalue weighted by molar-refractivity contribution is 6.32. The summed E-state index contributed by atoms with van der Waals surface area (Å²) in [6.45, 7) is 4.49. The second-order valence-electron chi connectivity index (χ2n) is 10.1. The number of hydrogen-bond donors (Lipinski definition) is 2. The molecule has 1 atom stereocenters. The van der Waals surface area contributed by atoms with Crippen molar-refractivity contribution < 1.29 is 9.53 Å². The fourth-order valence-electron chi connectivity index (χ4n) is 4.80. The number of halogens is 1. The molecular formula is C27H33ClN6O3. The highest BCUT2D eigenvalue weighted by Gasteiger charge is 2.22. The van der Waals surface area contributed by atoms with Gasteiger partial charge in [-0.3, -0.25) is 9.59 Å². The Bertz CT molecular complexity index is 1360. The van der Waals surface area contributed by atoms with Gasteiger partial charge in [-0.25, -0.2) is 4.98 Å². The number of anilines is 3. The maximum atomic E-state index is 13.2. The van der Waals surface area contributed by atoms with Crippen LogP contribution in [0.5, 0.6) is 5.75 Å². The Hall–Kier alpha value is -3.33.